The van der Waals surface area contributed by atoms with Crippen LogP contribution >= 0.6 is 11.6 Å². The third-order valence-electron chi connectivity index (χ3n) is 2.39. The topological polar surface area (TPSA) is 47.6 Å². The van der Waals surface area contributed by atoms with Gasteiger partial charge in [-0.3, -0.25) is 4.79 Å². The van der Waals surface area contributed by atoms with Crippen molar-refractivity contribution in [3.05, 3.63) is 29.8 Å². The fourth-order valence-corrected chi connectivity index (χ4v) is 1.79. The molecule has 1 aromatic rings. The van der Waals surface area contributed by atoms with E-state index in [0.717, 1.165) is 11.3 Å². The molecule has 0 radical (unpaired) electrons. The van der Waals surface area contributed by atoms with Crippen molar-refractivity contribution in [2.45, 2.75) is 12.7 Å². The van der Waals surface area contributed by atoms with Crippen molar-refractivity contribution in [3.8, 4) is 0 Å². The van der Waals surface area contributed by atoms with E-state index in [-0.39, 0.29) is 12.2 Å². The van der Waals surface area contributed by atoms with Crippen LogP contribution in [0, 0.1) is 0 Å². The van der Waals surface area contributed by atoms with E-state index in [2.05, 4.69) is 5.32 Å². The van der Waals surface area contributed by atoms with Crippen molar-refractivity contribution in [3.63, 3.8) is 0 Å². The number of benzene rings is 1. The first-order valence-electron chi connectivity index (χ1n) is 5.48. The fraction of sp³-hybridized carbons (Fsp3) is 0.417. The lowest BCUT2D eigenvalue weighted by atomic mass is 10.2. The van der Waals surface area contributed by atoms with Gasteiger partial charge in [0.15, 0.2) is 6.29 Å². The van der Waals surface area contributed by atoms with Gasteiger partial charge in [-0.25, -0.2) is 0 Å². The number of hydrogen-bond donors (Lipinski definition) is 1. The van der Waals surface area contributed by atoms with Gasteiger partial charge < -0.3 is 14.8 Å². The molecule has 1 aliphatic rings. The number of carbonyl (C=O) groups excluding carboxylic acids is 1. The Hall–Kier alpha value is -1.10. The molecule has 4 nitrogen and oxygen atoms in total. The Morgan fingerprint density at radius 3 is 2.88 bits per heavy atom. The minimum absolute atomic E-state index is 0.0922. The number of rotatable bonds is 4. The summed E-state index contributed by atoms with van der Waals surface area (Å²) in [6.45, 7) is 1.21. The van der Waals surface area contributed by atoms with Gasteiger partial charge >= 0.3 is 0 Å². The summed E-state index contributed by atoms with van der Waals surface area (Å²) < 4.78 is 10.8. The van der Waals surface area contributed by atoms with Crippen LogP contribution in [-0.2, 0) is 14.3 Å². The largest absolute Gasteiger partial charge is 0.346 e. The highest BCUT2D eigenvalue weighted by atomic mass is 35.5. The van der Waals surface area contributed by atoms with Crippen molar-refractivity contribution in [1.82, 2.24) is 0 Å². The van der Waals surface area contributed by atoms with Crippen LogP contribution in [0.25, 0.3) is 0 Å². The van der Waals surface area contributed by atoms with Crippen molar-refractivity contribution < 1.29 is 14.3 Å². The van der Waals surface area contributed by atoms with Crippen LogP contribution in [0.4, 0.5) is 5.69 Å². The summed E-state index contributed by atoms with van der Waals surface area (Å²) >= 11 is 5.50. The van der Waals surface area contributed by atoms with E-state index < -0.39 is 0 Å². The van der Waals surface area contributed by atoms with Gasteiger partial charge in [0.2, 0.25) is 5.91 Å². The molecular formula is C12H14ClNO3. The number of carbonyl (C=O) groups is 1. The van der Waals surface area contributed by atoms with Crippen molar-refractivity contribution in [2.75, 3.05) is 24.4 Å². The van der Waals surface area contributed by atoms with Crippen LogP contribution in [0.5, 0.6) is 0 Å². The highest BCUT2D eigenvalue weighted by Gasteiger charge is 2.18. The van der Waals surface area contributed by atoms with Gasteiger partial charge in [0.1, 0.15) is 0 Å². The van der Waals surface area contributed by atoms with Crippen molar-refractivity contribution in [2.24, 2.45) is 0 Å². The Bertz CT molecular complexity index is 391. The van der Waals surface area contributed by atoms with E-state index in [4.69, 9.17) is 21.1 Å². The Kier molecular flexibility index (Phi) is 4.36. The number of halogens is 1. The molecule has 0 saturated carbocycles. The quantitative estimate of drug-likeness (QED) is 0.840. The zero-order valence-electron chi connectivity index (χ0n) is 9.32. The molecule has 0 atom stereocenters. The number of ether oxygens (including phenoxy) is 2. The summed E-state index contributed by atoms with van der Waals surface area (Å²) in [6, 6.07) is 7.44. The highest BCUT2D eigenvalue weighted by Crippen LogP contribution is 2.25. The van der Waals surface area contributed by atoms with E-state index in [9.17, 15) is 4.79 Å². The number of amides is 1. The Labute approximate surface area is 105 Å². The summed E-state index contributed by atoms with van der Waals surface area (Å²) in [5.74, 6) is 0.228. The molecule has 0 bridgehead atoms. The maximum atomic E-state index is 11.4. The minimum atomic E-state index is -0.320. The maximum Gasteiger partial charge on any atom is 0.225 e. The molecule has 2 rings (SSSR count). The summed E-state index contributed by atoms with van der Waals surface area (Å²) in [7, 11) is 0. The molecule has 0 aliphatic carbocycles. The summed E-state index contributed by atoms with van der Waals surface area (Å²) in [6.07, 6.45) is -0.0118. The summed E-state index contributed by atoms with van der Waals surface area (Å²) in [4.78, 5) is 11.4. The van der Waals surface area contributed by atoms with E-state index in [0.29, 0.717) is 25.5 Å². The van der Waals surface area contributed by atoms with Crippen LogP contribution < -0.4 is 5.32 Å². The van der Waals surface area contributed by atoms with Crippen LogP contribution in [0.15, 0.2) is 24.3 Å². The van der Waals surface area contributed by atoms with Crippen molar-refractivity contribution in [1.29, 1.82) is 0 Å². The molecule has 1 aliphatic heterocycles. The molecule has 0 unspecified atom stereocenters. The van der Waals surface area contributed by atoms with Gasteiger partial charge in [-0.1, -0.05) is 12.1 Å². The molecular weight excluding hydrogens is 242 g/mol. The smallest absolute Gasteiger partial charge is 0.225 e. The number of anilines is 1. The zero-order chi connectivity index (χ0) is 12.1. The maximum absolute atomic E-state index is 11.4. The Balaban J connectivity index is 2.03. The molecule has 92 valence electrons. The van der Waals surface area contributed by atoms with Gasteiger partial charge in [-0.2, -0.15) is 0 Å². The monoisotopic (exact) mass is 255 g/mol. The molecule has 1 heterocycles. The standard InChI is InChI=1S/C12H14ClNO3/c13-5-4-11(15)14-10-3-1-2-9(8-10)12-16-6-7-17-12/h1-3,8,12H,4-7H2,(H,14,15). The SMILES string of the molecule is O=C(CCCl)Nc1cccc(C2OCCO2)c1. The van der Waals surface area contributed by atoms with E-state index in [1.54, 1.807) is 0 Å². The van der Waals surface area contributed by atoms with Gasteiger partial charge in [0, 0.05) is 23.6 Å². The summed E-state index contributed by atoms with van der Waals surface area (Å²) in [5.41, 5.74) is 1.64. The third-order valence-corrected chi connectivity index (χ3v) is 2.57. The zero-order valence-corrected chi connectivity index (χ0v) is 10.1. The number of alkyl halides is 1. The molecule has 0 spiro atoms. The fourth-order valence-electron chi connectivity index (χ4n) is 1.62. The molecule has 1 saturated heterocycles. The Morgan fingerprint density at radius 2 is 2.18 bits per heavy atom. The second kappa shape index (κ2) is 6.00. The van der Waals surface area contributed by atoms with Crippen LogP contribution in [0.2, 0.25) is 0 Å². The third kappa shape index (κ3) is 3.43. The number of nitrogens with one attached hydrogen (secondary N) is 1. The van der Waals surface area contributed by atoms with Gasteiger partial charge in [-0.15, -0.1) is 11.6 Å². The van der Waals surface area contributed by atoms with E-state index >= 15 is 0 Å². The van der Waals surface area contributed by atoms with Gasteiger partial charge in [0.05, 0.1) is 13.2 Å². The summed E-state index contributed by atoms with van der Waals surface area (Å²) in [5, 5.41) is 2.77. The van der Waals surface area contributed by atoms with E-state index in [1.807, 2.05) is 24.3 Å². The molecule has 5 heteroatoms. The van der Waals surface area contributed by atoms with Crippen LogP contribution in [-0.4, -0.2) is 25.0 Å². The number of hydrogen-bond acceptors (Lipinski definition) is 3. The predicted molar refractivity (Wildman–Crippen MR) is 65.1 cm³/mol. The molecule has 1 fully saturated rings. The van der Waals surface area contributed by atoms with Gasteiger partial charge in [0.25, 0.3) is 0 Å². The second-order valence-corrected chi connectivity index (χ2v) is 4.06. The van der Waals surface area contributed by atoms with Crippen LogP contribution in [0.3, 0.4) is 0 Å². The molecule has 1 N–H and O–H groups in total. The minimum Gasteiger partial charge on any atom is -0.346 e. The molecule has 1 amide bonds. The lowest BCUT2D eigenvalue weighted by Crippen LogP contribution is -2.12. The predicted octanol–water partition coefficient (Wildman–Crippen LogP) is 2.30. The van der Waals surface area contributed by atoms with Crippen LogP contribution in [0.1, 0.15) is 18.3 Å². The average Bonchev–Trinajstić information content (AvgIpc) is 2.83. The molecule has 1 aromatic carbocycles. The second-order valence-electron chi connectivity index (χ2n) is 3.69. The lowest BCUT2D eigenvalue weighted by Gasteiger charge is -2.11. The molecule has 0 aromatic heterocycles. The first kappa shape index (κ1) is 12.4. The highest BCUT2D eigenvalue weighted by molar-refractivity contribution is 6.19. The Morgan fingerprint density at radius 1 is 1.41 bits per heavy atom. The lowest BCUT2D eigenvalue weighted by molar-refractivity contribution is -0.115. The van der Waals surface area contributed by atoms with Gasteiger partial charge in [-0.05, 0) is 12.1 Å². The first-order chi connectivity index (χ1) is 8.29. The average molecular weight is 256 g/mol. The first-order valence-corrected chi connectivity index (χ1v) is 6.02. The molecule has 17 heavy (non-hydrogen) atoms. The van der Waals surface area contributed by atoms with E-state index in [1.165, 1.54) is 0 Å². The normalized spacial score (nSPS) is 16.1. The van der Waals surface area contributed by atoms with Crippen molar-refractivity contribution >= 4 is 23.2 Å².